The van der Waals surface area contributed by atoms with E-state index in [9.17, 15) is 8.42 Å². The monoisotopic (exact) mass is 417 g/mol. The van der Waals surface area contributed by atoms with Gasteiger partial charge >= 0.3 is 0 Å². The summed E-state index contributed by atoms with van der Waals surface area (Å²) in [5, 5.41) is 0. The average Bonchev–Trinajstić information content (AvgIpc) is 2.37. The highest BCUT2D eigenvalue weighted by atomic mass is 79.9. The molecule has 2 rings (SSSR count). The van der Waals surface area contributed by atoms with Gasteiger partial charge in [0.2, 0.25) is 10.0 Å². The summed E-state index contributed by atoms with van der Waals surface area (Å²) in [6, 6.07) is 12.7. The summed E-state index contributed by atoms with van der Waals surface area (Å²) < 4.78 is 28.6. The number of aryl methyl sites for hydroxylation is 1. The van der Waals surface area contributed by atoms with E-state index in [4.69, 9.17) is 0 Å². The molecule has 2 aromatic carbocycles. The SMILES string of the molecule is Cc1ccc(S(=O)(=O)NCc2ccccc2Br)c(Br)c1. The fraction of sp³-hybridized carbons (Fsp3) is 0.143. The molecule has 0 aliphatic heterocycles. The van der Waals surface area contributed by atoms with Crippen LogP contribution in [0.4, 0.5) is 0 Å². The fourth-order valence-electron chi connectivity index (χ4n) is 1.72. The molecule has 0 heterocycles. The van der Waals surface area contributed by atoms with Gasteiger partial charge in [0.1, 0.15) is 0 Å². The Morgan fingerprint density at radius 3 is 2.40 bits per heavy atom. The zero-order chi connectivity index (χ0) is 14.8. The van der Waals surface area contributed by atoms with E-state index in [0.29, 0.717) is 4.47 Å². The highest BCUT2D eigenvalue weighted by Crippen LogP contribution is 2.23. The van der Waals surface area contributed by atoms with E-state index < -0.39 is 10.0 Å². The molecular formula is C14H13Br2NO2S. The lowest BCUT2D eigenvalue weighted by atomic mass is 10.2. The summed E-state index contributed by atoms with van der Waals surface area (Å²) in [5.74, 6) is 0. The standard InChI is InChI=1S/C14H13Br2NO2S/c1-10-6-7-14(13(16)8-10)20(18,19)17-9-11-4-2-3-5-12(11)15/h2-8,17H,9H2,1H3. The van der Waals surface area contributed by atoms with E-state index in [-0.39, 0.29) is 11.4 Å². The van der Waals surface area contributed by atoms with E-state index in [1.807, 2.05) is 31.2 Å². The van der Waals surface area contributed by atoms with Gasteiger partial charge < -0.3 is 0 Å². The number of rotatable bonds is 4. The summed E-state index contributed by atoms with van der Waals surface area (Å²) in [5.41, 5.74) is 1.89. The predicted molar refractivity (Wildman–Crippen MR) is 87.0 cm³/mol. The molecule has 6 heteroatoms. The second-order valence-electron chi connectivity index (χ2n) is 4.35. The third kappa shape index (κ3) is 3.69. The third-order valence-electron chi connectivity index (χ3n) is 2.79. The summed E-state index contributed by atoms with van der Waals surface area (Å²) in [7, 11) is -3.54. The van der Waals surface area contributed by atoms with Crippen LogP contribution in [0.2, 0.25) is 0 Å². The second-order valence-corrected chi connectivity index (χ2v) is 7.79. The van der Waals surface area contributed by atoms with Crippen molar-refractivity contribution in [3.05, 3.63) is 62.5 Å². The Labute approximate surface area is 135 Å². The first-order valence-electron chi connectivity index (χ1n) is 5.89. The molecule has 106 valence electrons. The van der Waals surface area contributed by atoms with Gasteiger partial charge in [-0.05, 0) is 52.2 Å². The van der Waals surface area contributed by atoms with Crippen LogP contribution in [0.25, 0.3) is 0 Å². The summed E-state index contributed by atoms with van der Waals surface area (Å²) in [4.78, 5) is 0.246. The summed E-state index contributed by atoms with van der Waals surface area (Å²) in [6.07, 6.45) is 0. The largest absolute Gasteiger partial charge is 0.241 e. The molecule has 20 heavy (non-hydrogen) atoms. The quantitative estimate of drug-likeness (QED) is 0.815. The lowest BCUT2D eigenvalue weighted by Gasteiger charge is -2.10. The Bertz CT molecular complexity index is 730. The first kappa shape index (κ1) is 15.7. The maximum Gasteiger partial charge on any atom is 0.241 e. The Balaban J connectivity index is 2.22. The van der Waals surface area contributed by atoms with Gasteiger partial charge in [-0.15, -0.1) is 0 Å². The van der Waals surface area contributed by atoms with Crippen LogP contribution in [0.5, 0.6) is 0 Å². The number of hydrogen-bond acceptors (Lipinski definition) is 2. The fourth-order valence-corrected chi connectivity index (χ4v) is 4.34. The molecule has 1 N–H and O–H groups in total. The molecule has 0 radical (unpaired) electrons. The van der Waals surface area contributed by atoms with Gasteiger partial charge in [0.05, 0.1) is 4.90 Å². The van der Waals surface area contributed by atoms with Gasteiger partial charge in [-0.3, -0.25) is 0 Å². The Morgan fingerprint density at radius 1 is 1.05 bits per heavy atom. The molecule has 0 spiro atoms. The van der Waals surface area contributed by atoms with Crippen molar-refractivity contribution >= 4 is 41.9 Å². The molecule has 0 aliphatic rings. The molecule has 0 saturated carbocycles. The van der Waals surface area contributed by atoms with Crippen molar-refractivity contribution < 1.29 is 8.42 Å². The van der Waals surface area contributed by atoms with Crippen LogP contribution in [0.1, 0.15) is 11.1 Å². The van der Waals surface area contributed by atoms with Crippen molar-refractivity contribution in [1.82, 2.24) is 4.72 Å². The number of nitrogens with one attached hydrogen (secondary N) is 1. The average molecular weight is 419 g/mol. The number of halogens is 2. The highest BCUT2D eigenvalue weighted by Gasteiger charge is 2.17. The van der Waals surface area contributed by atoms with Gasteiger partial charge in [0.15, 0.2) is 0 Å². The molecule has 0 fully saturated rings. The van der Waals surface area contributed by atoms with Gasteiger partial charge in [-0.2, -0.15) is 0 Å². The first-order valence-corrected chi connectivity index (χ1v) is 8.96. The number of hydrogen-bond donors (Lipinski definition) is 1. The topological polar surface area (TPSA) is 46.2 Å². The summed E-state index contributed by atoms with van der Waals surface area (Å²) in [6.45, 7) is 2.15. The summed E-state index contributed by atoms with van der Waals surface area (Å²) >= 11 is 6.70. The molecule has 0 bridgehead atoms. The van der Waals surface area contributed by atoms with Crippen molar-refractivity contribution in [3.8, 4) is 0 Å². The molecule has 3 nitrogen and oxygen atoms in total. The van der Waals surface area contributed by atoms with E-state index >= 15 is 0 Å². The zero-order valence-electron chi connectivity index (χ0n) is 10.7. The van der Waals surface area contributed by atoms with Crippen molar-refractivity contribution in [1.29, 1.82) is 0 Å². The minimum atomic E-state index is -3.54. The Kier molecular flexibility index (Phi) is 5.01. The van der Waals surface area contributed by atoms with Crippen LogP contribution in [-0.2, 0) is 16.6 Å². The zero-order valence-corrected chi connectivity index (χ0v) is 14.7. The maximum atomic E-state index is 12.3. The van der Waals surface area contributed by atoms with E-state index in [0.717, 1.165) is 15.6 Å². The van der Waals surface area contributed by atoms with E-state index in [1.165, 1.54) is 0 Å². The smallest absolute Gasteiger partial charge is 0.207 e. The second kappa shape index (κ2) is 6.39. The number of benzene rings is 2. The Hall–Kier alpha value is -0.690. The van der Waals surface area contributed by atoms with E-state index in [2.05, 4.69) is 36.6 Å². The molecular weight excluding hydrogens is 406 g/mol. The molecule has 2 aromatic rings. The van der Waals surface area contributed by atoms with Gasteiger partial charge in [0.25, 0.3) is 0 Å². The molecule has 0 aromatic heterocycles. The van der Waals surface area contributed by atoms with Gasteiger partial charge in [-0.1, -0.05) is 40.2 Å². The normalized spacial score (nSPS) is 11.6. The van der Waals surface area contributed by atoms with Gasteiger partial charge in [-0.25, -0.2) is 13.1 Å². The maximum absolute atomic E-state index is 12.3. The minimum Gasteiger partial charge on any atom is -0.207 e. The van der Waals surface area contributed by atoms with Crippen LogP contribution >= 0.6 is 31.9 Å². The lowest BCUT2D eigenvalue weighted by molar-refractivity contribution is 0.580. The van der Waals surface area contributed by atoms with E-state index in [1.54, 1.807) is 18.2 Å². The molecule has 0 saturated heterocycles. The van der Waals surface area contributed by atoms with Crippen LogP contribution in [-0.4, -0.2) is 8.42 Å². The van der Waals surface area contributed by atoms with Crippen molar-refractivity contribution in [2.24, 2.45) is 0 Å². The van der Waals surface area contributed by atoms with Crippen LogP contribution in [0.15, 0.2) is 56.3 Å². The third-order valence-corrected chi connectivity index (χ3v) is 5.94. The first-order chi connectivity index (χ1) is 9.40. The molecule has 0 aliphatic carbocycles. The predicted octanol–water partition coefficient (Wildman–Crippen LogP) is 4.00. The van der Waals surface area contributed by atoms with Crippen LogP contribution in [0, 0.1) is 6.92 Å². The minimum absolute atomic E-state index is 0.240. The lowest BCUT2D eigenvalue weighted by Crippen LogP contribution is -2.23. The van der Waals surface area contributed by atoms with Crippen LogP contribution < -0.4 is 4.72 Å². The van der Waals surface area contributed by atoms with Crippen LogP contribution in [0.3, 0.4) is 0 Å². The van der Waals surface area contributed by atoms with Crippen molar-refractivity contribution in [2.75, 3.05) is 0 Å². The Morgan fingerprint density at radius 2 is 1.75 bits per heavy atom. The molecule has 0 amide bonds. The molecule has 0 atom stereocenters. The van der Waals surface area contributed by atoms with Crippen molar-refractivity contribution in [3.63, 3.8) is 0 Å². The number of sulfonamides is 1. The van der Waals surface area contributed by atoms with Gasteiger partial charge in [0, 0.05) is 15.5 Å². The highest BCUT2D eigenvalue weighted by molar-refractivity contribution is 9.10. The molecule has 0 unspecified atom stereocenters. The van der Waals surface area contributed by atoms with Crippen molar-refractivity contribution in [2.45, 2.75) is 18.4 Å².